The quantitative estimate of drug-likeness (QED) is 0.153. The van der Waals surface area contributed by atoms with Crippen LogP contribution in [0.5, 0.6) is 0 Å². The van der Waals surface area contributed by atoms with Crippen LogP contribution in [-0.4, -0.2) is 36.9 Å². The van der Waals surface area contributed by atoms with Crippen molar-refractivity contribution in [2.24, 2.45) is 11.8 Å². The molecule has 0 amide bonds. The molecule has 0 radical (unpaired) electrons. The molecule has 1 rings (SSSR count). The number of rotatable bonds is 14. The number of hydrogen-bond donors (Lipinski definition) is 1. The summed E-state index contributed by atoms with van der Waals surface area (Å²) in [5, 5.41) is 9.16. The zero-order valence-corrected chi connectivity index (χ0v) is 17.3. The maximum atomic E-state index is 12.2. The fourth-order valence-corrected chi connectivity index (χ4v) is 3.05. The first-order valence-corrected chi connectivity index (χ1v) is 10.3. The van der Waals surface area contributed by atoms with Gasteiger partial charge >= 0.3 is 11.9 Å². The van der Waals surface area contributed by atoms with Gasteiger partial charge in [-0.2, -0.15) is 0 Å². The predicted molar refractivity (Wildman–Crippen MR) is 112 cm³/mol. The van der Waals surface area contributed by atoms with Crippen LogP contribution in [0, 0.1) is 11.8 Å². The van der Waals surface area contributed by atoms with E-state index in [0.29, 0.717) is 24.9 Å². The average Bonchev–Trinajstić information content (AvgIpc) is 2.73. The molecule has 0 aromatic carbocycles. The van der Waals surface area contributed by atoms with E-state index >= 15 is 0 Å². The Morgan fingerprint density at radius 1 is 0.897 bits per heavy atom. The topological polar surface area (TPSA) is 82.1 Å². The van der Waals surface area contributed by atoms with E-state index < -0.39 is 5.97 Å². The minimum absolute atomic E-state index is 0.123. The summed E-state index contributed by atoms with van der Waals surface area (Å²) in [6, 6.07) is 0. The zero-order chi connectivity index (χ0) is 21.5. The highest BCUT2D eigenvalue weighted by Crippen LogP contribution is 2.29. The zero-order valence-electron chi connectivity index (χ0n) is 17.3. The van der Waals surface area contributed by atoms with Crippen molar-refractivity contribution in [1.29, 1.82) is 0 Å². The van der Waals surface area contributed by atoms with Gasteiger partial charge in [0, 0.05) is 12.7 Å². The standard InChI is InChI=1S/C23H34O6/c1-4-22(25)28-16-8-6-5-7-15-27-18(2)9-10-19(3)29-23(26)21-13-11-20(17-24)12-14-21/h4,9-10,20-21,24H,1-3,5-8,11-17H2/b10-9-. The number of carbonyl (C=O) groups excluding carboxylic acids is 2. The molecule has 29 heavy (non-hydrogen) atoms. The van der Waals surface area contributed by atoms with Crippen LogP contribution in [0.4, 0.5) is 0 Å². The molecule has 0 saturated heterocycles. The van der Waals surface area contributed by atoms with Crippen LogP contribution >= 0.6 is 0 Å². The number of esters is 2. The van der Waals surface area contributed by atoms with Crippen molar-refractivity contribution < 1.29 is 28.9 Å². The van der Waals surface area contributed by atoms with Gasteiger partial charge in [0.1, 0.15) is 11.5 Å². The molecular formula is C23H34O6. The molecule has 6 heteroatoms. The first-order chi connectivity index (χ1) is 14.0. The number of allylic oxidation sites excluding steroid dienone is 2. The molecule has 0 bridgehead atoms. The van der Waals surface area contributed by atoms with Gasteiger partial charge in [0.15, 0.2) is 0 Å². The molecule has 1 aliphatic rings. The summed E-state index contributed by atoms with van der Waals surface area (Å²) in [5.41, 5.74) is 0. The largest absolute Gasteiger partial charge is 0.494 e. The van der Waals surface area contributed by atoms with Gasteiger partial charge in [0.25, 0.3) is 0 Å². The Morgan fingerprint density at radius 3 is 2.07 bits per heavy atom. The maximum absolute atomic E-state index is 12.2. The van der Waals surface area contributed by atoms with Gasteiger partial charge in [-0.3, -0.25) is 4.79 Å². The molecule has 0 aromatic rings. The van der Waals surface area contributed by atoms with Crippen molar-refractivity contribution in [3.05, 3.63) is 49.5 Å². The number of carbonyl (C=O) groups is 2. The molecule has 0 aliphatic heterocycles. The predicted octanol–water partition coefficient (Wildman–Crippen LogP) is 4.22. The molecule has 1 aliphatic carbocycles. The normalized spacial score (nSPS) is 18.8. The van der Waals surface area contributed by atoms with Crippen LogP contribution in [0.2, 0.25) is 0 Å². The second kappa shape index (κ2) is 14.6. The first-order valence-electron chi connectivity index (χ1n) is 10.3. The third-order valence-corrected chi connectivity index (χ3v) is 4.86. The second-order valence-electron chi connectivity index (χ2n) is 7.22. The molecule has 0 aromatic heterocycles. The van der Waals surface area contributed by atoms with E-state index in [1.165, 1.54) is 0 Å². The SMILES string of the molecule is C=CC(=O)OCCCCCCOC(=C)/C=C\C(=C)OC(=O)C1CCC(CO)CC1. The molecule has 1 saturated carbocycles. The summed E-state index contributed by atoms with van der Waals surface area (Å²) in [6.45, 7) is 12.0. The van der Waals surface area contributed by atoms with E-state index in [9.17, 15) is 9.59 Å². The van der Waals surface area contributed by atoms with Gasteiger partial charge in [-0.15, -0.1) is 0 Å². The Balaban J connectivity index is 2.09. The molecule has 6 nitrogen and oxygen atoms in total. The van der Waals surface area contributed by atoms with E-state index in [2.05, 4.69) is 19.7 Å². The smallest absolute Gasteiger partial charge is 0.330 e. The van der Waals surface area contributed by atoms with Crippen LogP contribution in [0.15, 0.2) is 49.5 Å². The lowest BCUT2D eigenvalue weighted by Crippen LogP contribution is -2.24. The summed E-state index contributed by atoms with van der Waals surface area (Å²) in [5.74, 6) is 0.267. The van der Waals surface area contributed by atoms with Crippen LogP contribution in [0.25, 0.3) is 0 Å². The van der Waals surface area contributed by atoms with Gasteiger partial charge in [-0.1, -0.05) is 19.7 Å². The maximum Gasteiger partial charge on any atom is 0.330 e. The molecule has 0 atom stereocenters. The van der Waals surface area contributed by atoms with Gasteiger partial charge in [-0.05, 0) is 69.4 Å². The second-order valence-corrected chi connectivity index (χ2v) is 7.22. The summed E-state index contributed by atoms with van der Waals surface area (Å²) in [7, 11) is 0. The van der Waals surface area contributed by atoms with Gasteiger partial charge in [0.05, 0.1) is 19.1 Å². The van der Waals surface area contributed by atoms with E-state index in [-0.39, 0.29) is 24.3 Å². The summed E-state index contributed by atoms with van der Waals surface area (Å²) >= 11 is 0. The first kappa shape index (κ1) is 24.7. The highest BCUT2D eigenvalue weighted by Gasteiger charge is 2.27. The molecule has 1 N–H and O–H groups in total. The number of hydrogen-bond acceptors (Lipinski definition) is 6. The Hall–Kier alpha value is -2.34. The molecule has 0 spiro atoms. The molecular weight excluding hydrogens is 372 g/mol. The van der Waals surface area contributed by atoms with Crippen LogP contribution < -0.4 is 0 Å². The van der Waals surface area contributed by atoms with Crippen molar-refractivity contribution in [3.8, 4) is 0 Å². The van der Waals surface area contributed by atoms with Gasteiger partial charge in [-0.25, -0.2) is 4.79 Å². The fraction of sp³-hybridized carbons (Fsp3) is 0.565. The summed E-state index contributed by atoms with van der Waals surface area (Å²) in [6.07, 6.45) is 11.1. The third-order valence-electron chi connectivity index (χ3n) is 4.86. The van der Waals surface area contributed by atoms with Crippen molar-refractivity contribution in [2.45, 2.75) is 51.4 Å². The van der Waals surface area contributed by atoms with Gasteiger partial charge in [0.2, 0.25) is 0 Å². The molecule has 0 unspecified atom stereocenters. The number of unbranched alkanes of at least 4 members (excludes halogenated alkanes) is 3. The lowest BCUT2D eigenvalue weighted by molar-refractivity contribution is -0.145. The fourth-order valence-electron chi connectivity index (χ4n) is 3.05. The highest BCUT2D eigenvalue weighted by atomic mass is 16.5. The lowest BCUT2D eigenvalue weighted by Gasteiger charge is -2.25. The number of aliphatic hydroxyl groups excluding tert-OH is 1. The van der Waals surface area contributed by atoms with E-state index in [4.69, 9.17) is 19.3 Å². The van der Waals surface area contributed by atoms with Crippen LogP contribution in [0.1, 0.15) is 51.4 Å². The van der Waals surface area contributed by atoms with E-state index in [1.54, 1.807) is 12.2 Å². The Morgan fingerprint density at radius 2 is 1.48 bits per heavy atom. The Kier molecular flexibility index (Phi) is 12.5. The summed E-state index contributed by atoms with van der Waals surface area (Å²) in [4.78, 5) is 23.0. The molecule has 1 fully saturated rings. The number of aliphatic hydroxyl groups is 1. The van der Waals surface area contributed by atoms with E-state index in [1.807, 2.05) is 0 Å². The number of ether oxygens (including phenoxy) is 3. The van der Waals surface area contributed by atoms with Crippen LogP contribution in [-0.2, 0) is 23.8 Å². The lowest BCUT2D eigenvalue weighted by atomic mass is 9.82. The minimum Gasteiger partial charge on any atom is -0.494 e. The van der Waals surface area contributed by atoms with Crippen LogP contribution in [0.3, 0.4) is 0 Å². The highest BCUT2D eigenvalue weighted by molar-refractivity contribution is 5.81. The monoisotopic (exact) mass is 406 g/mol. The van der Waals surface area contributed by atoms with Crippen molar-refractivity contribution in [3.63, 3.8) is 0 Å². The third kappa shape index (κ3) is 11.3. The molecule has 0 heterocycles. The van der Waals surface area contributed by atoms with Crippen molar-refractivity contribution in [1.82, 2.24) is 0 Å². The van der Waals surface area contributed by atoms with E-state index in [0.717, 1.165) is 57.4 Å². The van der Waals surface area contributed by atoms with Crippen molar-refractivity contribution in [2.75, 3.05) is 19.8 Å². The Labute approximate surface area is 173 Å². The van der Waals surface area contributed by atoms with Gasteiger partial charge < -0.3 is 19.3 Å². The minimum atomic E-state index is -0.391. The average molecular weight is 407 g/mol. The molecule has 162 valence electrons. The van der Waals surface area contributed by atoms with Crippen molar-refractivity contribution >= 4 is 11.9 Å². The summed E-state index contributed by atoms with van der Waals surface area (Å²) < 4.78 is 15.7. The Bertz CT molecular complexity index is 584.